The molecule has 0 aliphatic carbocycles. The Morgan fingerprint density at radius 3 is 1.87 bits per heavy atom. The first kappa shape index (κ1) is 37.8. The molecule has 0 saturated heterocycles. The predicted octanol–water partition coefficient (Wildman–Crippen LogP) is 4.71. The highest BCUT2D eigenvalue weighted by atomic mass is 16.5. The maximum absolute atomic E-state index is 11.6. The lowest BCUT2D eigenvalue weighted by Crippen LogP contribution is -2.24. The van der Waals surface area contributed by atoms with Crippen molar-refractivity contribution in [2.24, 2.45) is 11.8 Å². The quantitative estimate of drug-likeness (QED) is 0.486. The van der Waals surface area contributed by atoms with Crippen molar-refractivity contribution in [1.29, 1.82) is 0 Å². The van der Waals surface area contributed by atoms with Crippen molar-refractivity contribution in [1.82, 2.24) is 0 Å². The van der Waals surface area contributed by atoms with Gasteiger partial charge in [0.15, 0.2) is 0 Å². The van der Waals surface area contributed by atoms with Gasteiger partial charge < -0.3 is 14.6 Å². The van der Waals surface area contributed by atoms with Crippen LogP contribution in [0.4, 0.5) is 0 Å². The number of aliphatic hydroxyl groups excluding tert-OH is 1. The second-order valence-corrected chi connectivity index (χ2v) is 4.24. The van der Waals surface area contributed by atoms with Crippen LogP contribution >= 0.6 is 0 Å². The summed E-state index contributed by atoms with van der Waals surface area (Å²) in [5, 5.41) is 8.58. The van der Waals surface area contributed by atoms with Crippen molar-refractivity contribution >= 4 is 11.9 Å². The van der Waals surface area contributed by atoms with Gasteiger partial charge in [0.25, 0.3) is 0 Å². The molecule has 1 N–H and O–H groups in total. The van der Waals surface area contributed by atoms with Crippen molar-refractivity contribution in [3.8, 4) is 0 Å². The van der Waals surface area contributed by atoms with Gasteiger partial charge in [-0.15, -0.1) is 0 Å². The summed E-state index contributed by atoms with van der Waals surface area (Å²) in [7, 11) is 0. The zero-order chi connectivity index (χ0) is 14.0. The topological polar surface area (TPSA) is 72.8 Å². The monoisotopic (exact) mass is 340 g/mol. The third-order valence-electron chi connectivity index (χ3n) is 2.70. The zero-order valence-electron chi connectivity index (χ0n) is 11.5. The molecule has 0 aliphatic rings. The van der Waals surface area contributed by atoms with Gasteiger partial charge >= 0.3 is 11.9 Å². The van der Waals surface area contributed by atoms with Crippen LogP contribution in [0.25, 0.3) is 0 Å². The number of ether oxygens (including phenoxy) is 2. The second-order valence-electron chi connectivity index (χ2n) is 4.24. The van der Waals surface area contributed by atoms with Crippen LogP contribution in [0.5, 0.6) is 0 Å². The first-order valence-electron chi connectivity index (χ1n) is 6.50. The third kappa shape index (κ3) is 17.1. The summed E-state index contributed by atoms with van der Waals surface area (Å²) in [6.07, 6.45) is 1.52. The standard InChI is InChI=1S/C13H24O5.5CH4/c1-4-11(13(16)17-5-2)9-10(3)12(15)18-8-6-7-14;;;;;/h10-11,14H,4-9H2,1-3H3;5*1H4. The molecule has 0 fully saturated rings. The van der Waals surface area contributed by atoms with E-state index in [9.17, 15) is 9.59 Å². The molecule has 5 nitrogen and oxygen atoms in total. The maximum Gasteiger partial charge on any atom is 0.308 e. The number of esters is 2. The Hall–Kier alpha value is -1.10. The molecular formula is C18H44O5. The highest BCUT2D eigenvalue weighted by molar-refractivity contribution is 5.75. The van der Waals surface area contributed by atoms with E-state index in [4.69, 9.17) is 14.6 Å². The molecule has 2 unspecified atom stereocenters. The molecule has 0 radical (unpaired) electrons. The lowest BCUT2D eigenvalue weighted by atomic mass is 9.94. The smallest absolute Gasteiger partial charge is 0.308 e. The summed E-state index contributed by atoms with van der Waals surface area (Å²) in [6.45, 7) is 5.97. The fourth-order valence-electron chi connectivity index (χ4n) is 1.59. The van der Waals surface area contributed by atoms with Crippen molar-refractivity contribution in [2.45, 2.75) is 77.2 Å². The van der Waals surface area contributed by atoms with Gasteiger partial charge in [-0.05, 0) is 19.8 Å². The number of aliphatic hydroxyl groups is 1. The summed E-state index contributed by atoms with van der Waals surface area (Å²) >= 11 is 0. The minimum atomic E-state index is -0.335. The molecule has 0 bridgehead atoms. The van der Waals surface area contributed by atoms with Gasteiger partial charge in [-0.3, -0.25) is 9.59 Å². The van der Waals surface area contributed by atoms with E-state index in [0.717, 1.165) is 0 Å². The normalized spacial score (nSPS) is 10.8. The van der Waals surface area contributed by atoms with E-state index in [1.54, 1.807) is 13.8 Å². The van der Waals surface area contributed by atoms with Crippen molar-refractivity contribution in [3.63, 3.8) is 0 Å². The number of carbonyl (C=O) groups excluding carboxylic acids is 2. The van der Waals surface area contributed by atoms with E-state index < -0.39 is 0 Å². The van der Waals surface area contributed by atoms with Crippen LogP contribution in [0.15, 0.2) is 0 Å². The number of hydrogen-bond acceptors (Lipinski definition) is 5. The molecule has 0 rings (SSSR count). The molecular weight excluding hydrogens is 296 g/mol. The van der Waals surface area contributed by atoms with E-state index >= 15 is 0 Å². The van der Waals surface area contributed by atoms with Crippen LogP contribution in [-0.4, -0.2) is 36.9 Å². The van der Waals surface area contributed by atoms with Crippen LogP contribution in [0.2, 0.25) is 0 Å². The van der Waals surface area contributed by atoms with Crippen LogP contribution in [0, 0.1) is 11.8 Å². The van der Waals surface area contributed by atoms with Gasteiger partial charge in [-0.2, -0.15) is 0 Å². The lowest BCUT2D eigenvalue weighted by molar-refractivity contribution is -0.152. The van der Waals surface area contributed by atoms with Gasteiger partial charge in [0.05, 0.1) is 25.0 Å². The average molecular weight is 341 g/mol. The molecule has 0 amide bonds. The molecule has 0 aromatic heterocycles. The van der Waals surface area contributed by atoms with E-state index in [1.807, 2.05) is 6.92 Å². The molecule has 0 aromatic carbocycles. The number of carbonyl (C=O) groups is 2. The van der Waals surface area contributed by atoms with Gasteiger partial charge in [0.1, 0.15) is 0 Å². The highest BCUT2D eigenvalue weighted by Gasteiger charge is 2.24. The summed E-state index contributed by atoms with van der Waals surface area (Å²) < 4.78 is 9.93. The van der Waals surface area contributed by atoms with E-state index in [-0.39, 0.29) is 74.1 Å². The molecule has 0 saturated carbocycles. The molecule has 146 valence electrons. The lowest BCUT2D eigenvalue weighted by Gasteiger charge is -2.17. The Morgan fingerprint density at radius 2 is 1.48 bits per heavy atom. The molecule has 0 aliphatic heterocycles. The van der Waals surface area contributed by atoms with Crippen LogP contribution in [0.1, 0.15) is 77.2 Å². The fourth-order valence-corrected chi connectivity index (χ4v) is 1.59. The largest absolute Gasteiger partial charge is 0.466 e. The predicted molar refractivity (Wildman–Crippen MR) is 101 cm³/mol. The Labute approximate surface area is 145 Å². The first-order valence-corrected chi connectivity index (χ1v) is 6.50. The summed E-state index contributed by atoms with van der Waals surface area (Å²) in [4.78, 5) is 23.2. The van der Waals surface area contributed by atoms with Crippen molar-refractivity contribution in [2.75, 3.05) is 19.8 Å². The molecule has 0 aromatic rings. The van der Waals surface area contributed by atoms with Crippen LogP contribution in [0.3, 0.4) is 0 Å². The Morgan fingerprint density at radius 1 is 0.957 bits per heavy atom. The first-order chi connectivity index (χ1) is 8.56. The SMILES string of the molecule is C.C.C.C.C.CCOC(=O)C(CC)CC(C)C(=O)OCCCO. The molecule has 5 heteroatoms. The van der Waals surface area contributed by atoms with Crippen LogP contribution in [-0.2, 0) is 19.1 Å². The van der Waals surface area contributed by atoms with Crippen molar-refractivity contribution < 1.29 is 24.2 Å². The summed E-state index contributed by atoms with van der Waals surface area (Å²) in [5.74, 6) is -1.18. The van der Waals surface area contributed by atoms with Gasteiger partial charge in [-0.25, -0.2) is 0 Å². The van der Waals surface area contributed by atoms with E-state index in [1.165, 1.54) is 0 Å². The minimum Gasteiger partial charge on any atom is -0.466 e. The molecule has 2 atom stereocenters. The van der Waals surface area contributed by atoms with E-state index in [0.29, 0.717) is 25.9 Å². The molecule has 0 heterocycles. The van der Waals surface area contributed by atoms with Crippen LogP contribution < -0.4 is 0 Å². The van der Waals surface area contributed by atoms with E-state index in [2.05, 4.69) is 0 Å². The van der Waals surface area contributed by atoms with Gasteiger partial charge in [0.2, 0.25) is 0 Å². The summed E-state index contributed by atoms with van der Waals surface area (Å²) in [6, 6.07) is 0. The number of rotatable bonds is 9. The Kier molecular flexibility index (Phi) is 38.1. The average Bonchev–Trinajstić information content (AvgIpc) is 2.35. The highest BCUT2D eigenvalue weighted by Crippen LogP contribution is 2.18. The Bertz CT molecular complexity index is 254. The molecule has 23 heavy (non-hydrogen) atoms. The number of hydrogen-bond donors (Lipinski definition) is 1. The van der Waals surface area contributed by atoms with Gasteiger partial charge in [0, 0.05) is 13.0 Å². The fraction of sp³-hybridized carbons (Fsp3) is 0.889. The zero-order valence-corrected chi connectivity index (χ0v) is 11.5. The minimum absolute atomic E-state index is 0. The Balaban J connectivity index is -0.000000144. The maximum atomic E-state index is 11.6. The summed E-state index contributed by atoms with van der Waals surface area (Å²) in [5.41, 5.74) is 0. The molecule has 0 spiro atoms. The third-order valence-corrected chi connectivity index (χ3v) is 2.70. The second kappa shape index (κ2) is 23.2. The van der Waals surface area contributed by atoms with Crippen molar-refractivity contribution in [3.05, 3.63) is 0 Å². The van der Waals surface area contributed by atoms with Gasteiger partial charge in [-0.1, -0.05) is 51.0 Å².